The number of rotatable bonds is 8. The van der Waals surface area contributed by atoms with Crippen LogP contribution in [0.2, 0.25) is 0 Å². The van der Waals surface area contributed by atoms with Crippen molar-refractivity contribution in [2.45, 2.75) is 13.8 Å². The fourth-order valence-corrected chi connectivity index (χ4v) is 9.96. The molecular formula is C63H44O. The Labute approximate surface area is 375 Å². The maximum absolute atomic E-state index is 16.8. The first-order valence-corrected chi connectivity index (χ1v) is 22.1. The maximum atomic E-state index is 16.8. The molecule has 0 atom stereocenters. The Morgan fingerprint density at radius 1 is 0.188 bits per heavy atom. The average Bonchev–Trinajstić information content (AvgIpc) is 3.66. The van der Waals surface area contributed by atoms with Gasteiger partial charge in [-0.2, -0.15) is 0 Å². The van der Waals surface area contributed by atoms with E-state index in [1.807, 2.05) is 0 Å². The van der Waals surface area contributed by atoms with Crippen molar-refractivity contribution in [2.24, 2.45) is 0 Å². The number of ketones is 1. The number of aryl methyl sites for hydroxylation is 2. The van der Waals surface area contributed by atoms with Crippen LogP contribution in [-0.4, -0.2) is 5.78 Å². The van der Waals surface area contributed by atoms with Crippen molar-refractivity contribution in [2.75, 3.05) is 0 Å². The minimum absolute atomic E-state index is 0.0264. The smallest absolute Gasteiger partial charge is 0.195 e. The molecule has 0 radical (unpaired) electrons. The average molecular weight is 817 g/mol. The van der Waals surface area contributed by atoms with Crippen LogP contribution in [0.1, 0.15) is 27.0 Å². The second-order valence-corrected chi connectivity index (χ2v) is 16.8. The molecular weight excluding hydrogens is 773 g/mol. The minimum atomic E-state index is 0.0264. The molecule has 0 bridgehead atoms. The largest absolute Gasteiger partial charge is 0.289 e. The minimum Gasteiger partial charge on any atom is -0.289 e. The number of carbonyl (C=O) groups is 1. The molecule has 0 heterocycles. The highest BCUT2D eigenvalue weighted by atomic mass is 16.1. The number of hydrogen-bond donors (Lipinski definition) is 0. The Hall–Kier alpha value is -8.13. The number of benzene rings is 10. The summed E-state index contributed by atoms with van der Waals surface area (Å²) in [5.41, 5.74) is 22.3. The monoisotopic (exact) mass is 816 g/mol. The topological polar surface area (TPSA) is 17.1 Å². The SMILES string of the molecule is Cc1ccc(-c2c3c(c(-c4ccc(C)cc4)c(-c4ccccc4)c2-c2ccccc2)-c2c(c(-c4ccccc4)c(-c4ccccc4)c(-c4ccccc4)c2-c2ccccc2)C3=O)cc1. The molecule has 1 aliphatic carbocycles. The van der Waals surface area contributed by atoms with E-state index in [2.05, 4.69) is 244 Å². The number of fused-ring (bicyclic) bond motifs is 3. The summed E-state index contributed by atoms with van der Waals surface area (Å²) in [6.07, 6.45) is 0. The van der Waals surface area contributed by atoms with Gasteiger partial charge >= 0.3 is 0 Å². The Balaban J connectivity index is 1.47. The van der Waals surface area contributed by atoms with Gasteiger partial charge < -0.3 is 0 Å². The predicted octanol–water partition coefficient (Wildman–Crippen LogP) is 16.9. The van der Waals surface area contributed by atoms with Crippen LogP contribution in [0, 0.1) is 13.8 Å². The van der Waals surface area contributed by atoms with Crippen molar-refractivity contribution >= 4 is 5.78 Å². The highest BCUT2D eigenvalue weighted by Crippen LogP contribution is 2.62. The molecule has 1 nitrogen and oxygen atoms in total. The second kappa shape index (κ2) is 16.3. The van der Waals surface area contributed by atoms with Crippen LogP contribution in [-0.2, 0) is 0 Å². The van der Waals surface area contributed by atoms with Gasteiger partial charge in [0.15, 0.2) is 5.78 Å². The van der Waals surface area contributed by atoms with Gasteiger partial charge in [-0.1, -0.05) is 242 Å². The molecule has 11 rings (SSSR count). The van der Waals surface area contributed by atoms with Crippen LogP contribution in [0.25, 0.3) is 100 Å². The third-order valence-electron chi connectivity index (χ3n) is 12.8. The third-order valence-corrected chi connectivity index (χ3v) is 12.8. The lowest BCUT2D eigenvalue weighted by molar-refractivity contribution is 0.104. The van der Waals surface area contributed by atoms with Gasteiger partial charge in [-0.05, 0) is 91.7 Å². The summed E-state index contributed by atoms with van der Waals surface area (Å²) in [6.45, 7) is 4.26. The van der Waals surface area contributed by atoms with Crippen molar-refractivity contribution in [1.29, 1.82) is 0 Å². The molecule has 10 aromatic rings. The summed E-state index contributed by atoms with van der Waals surface area (Å²) in [7, 11) is 0. The molecule has 0 aromatic heterocycles. The zero-order valence-electron chi connectivity index (χ0n) is 35.8. The Bertz CT molecular complexity index is 3320. The molecule has 0 spiro atoms. The zero-order valence-corrected chi connectivity index (χ0v) is 35.8. The van der Waals surface area contributed by atoms with Crippen LogP contribution >= 0.6 is 0 Å². The van der Waals surface area contributed by atoms with E-state index in [1.165, 1.54) is 5.56 Å². The Morgan fingerprint density at radius 2 is 0.359 bits per heavy atom. The molecule has 0 fully saturated rings. The van der Waals surface area contributed by atoms with E-state index < -0.39 is 0 Å². The van der Waals surface area contributed by atoms with Crippen molar-refractivity contribution < 1.29 is 4.79 Å². The molecule has 1 aliphatic rings. The third kappa shape index (κ3) is 6.53. The van der Waals surface area contributed by atoms with Crippen LogP contribution in [0.4, 0.5) is 0 Å². The highest BCUT2D eigenvalue weighted by molar-refractivity contribution is 6.36. The summed E-state index contributed by atoms with van der Waals surface area (Å²) >= 11 is 0. The maximum Gasteiger partial charge on any atom is 0.195 e. The fourth-order valence-electron chi connectivity index (χ4n) is 9.96. The molecule has 302 valence electrons. The van der Waals surface area contributed by atoms with Crippen LogP contribution < -0.4 is 0 Å². The van der Waals surface area contributed by atoms with Gasteiger partial charge in [0.1, 0.15) is 0 Å². The van der Waals surface area contributed by atoms with Gasteiger partial charge in [0.05, 0.1) is 0 Å². The van der Waals surface area contributed by atoms with Crippen molar-refractivity contribution in [3.63, 3.8) is 0 Å². The molecule has 0 unspecified atom stereocenters. The molecule has 0 N–H and O–H groups in total. The standard InChI is InChI=1S/C63H44O/c1-41-33-37-49(38-34-41)56-52(44-23-11-4-12-24-44)54(46-27-15-6-16-28-46)58(50-39-35-42(2)36-40-50)62-60(56)59-55(47-29-17-7-18-30-47)51(43-21-9-3-10-22-43)53(45-25-13-5-14-26-45)57(61(59)63(62)64)48-31-19-8-20-32-48/h3-40H,1-2H3. The lowest BCUT2D eigenvalue weighted by Gasteiger charge is -2.27. The first-order chi connectivity index (χ1) is 31.6. The summed E-state index contributed by atoms with van der Waals surface area (Å²) in [5, 5.41) is 0. The van der Waals surface area contributed by atoms with Gasteiger partial charge in [0.2, 0.25) is 0 Å². The van der Waals surface area contributed by atoms with Gasteiger partial charge in [0.25, 0.3) is 0 Å². The van der Waals surface area contributed by atoms with Crippen LogP contribution in [0.3, 0.4) is 0 Å². The predicted molar refractivity (Wildman–Crippen MR) is 268 cm³/mol. The van der Waals surface area contributed by atoms with Gasteiger partial charge in [0, 0.05) is 33.4 Å². The lowest BCUT2D eigenvalue weighted by atomic mass is 9.74. The quantitative estimate of drug-likeness (QED) is 0.149. The summed E-state index contributed by atoms with van der Waals surface area (Å²) < 4.78 is 0. The summed E-state index contributed by atoms with van der Waals surface area (Å²) in [4.78, 5) is 16.8. The van der Waals surface area contributed by atoms with E-state index in [0.29, 0.717) is 0 Å². The Morgan fingerprint density at radius 3 is 0.578 bits per heavy atom. The summed E-state index contributed by atoms with van der Waals surface area (Å²) in [5.74, 6) is 0.0264. The molecule has 0 saturated heterocycles. The van der Waals surface area contributed by atoms with Gasteiger partial charge in [-0.25, -0.2) is 0 Å². The van der Waals surface area contributed by atoms with Crippen molar-refractivity contribution in [3.8, 4) is 100 Å². The van der Waals surface area contributed by atoms with E-state index in [-0.39, 0.29) is 5.78 Å². The van der Waals surface area contributed by atoms with E-state index >= 15 is 4.79 Å². The van der Waals surface area contributed by atoms with Crippen LogP contribution in [0.5, 0.6) is 0 Å². The number of hydrogen-bond acceptors (Lipinski definition) is 1. The zero-order chi connectivity index (χ0) is 43.1. The van der Waals surface area contributed by atoms with E-state index in [4.69, 9.17) is 0 Å². The first-order valence-electron chi connectivity index (χ1n) is 22.1. The van der Waals surface area contributed by atoms with E-state index in [1.54, 1.807) is 0 Å². The molecule has 10 aromatic carbocycles. The van der Waals surface area contributed by atoms with E-state index in [0.717, 1.165) is 117 Å². The lowest BCUT2D eigenvalue weighted by Crippen LogP contribution is -2.06. The Kier molecular flexibility index (Phi) is 9.87. The molecule has 0 aliphatic heterocycles. The molecule has 0 saturated carbocycles. The number of carbonyl (C=O) groups excluding carboxylic acids is 1. The van der Waals surface area contributed by atoms with Crippen LogP contribution in [0.15, 0.2) is 231 Å². The summed E-state index contributed by atoms with van der Waals surface area (Å²) in [6, 6.07) is 81.9. The normalized spacial score (nSPS) is 11.6. The second-order valence-electron chi connectivity index (χ2n) is 16.8. The van der Waals surface area contributed by atoms with Crippen molar-refractivity contribution in [1.82, 2.24) is 0 Å². The van der Waals surface area contributed by atoms with E-state index in [9.17, 15) is 0 Å². The molecule has 64 heavy (non-hydrogen) atoms. The first kappa shape index (κ1) is 38.8. The fraction of sp³-hybridized carbons (Fsp3) is 0.0317. The van der Waals surface area contributed by atoms with Gasteiger partial charge in [-0.15, -0.1) is 0 Å². The highest BCUT2D eigenvalue weighted by Gasteiger charge is 2.42. The van der Waals surface area contributed by atoms with Gasteiger partial charge in [-0.3, -0.25) is 4.79 Å². The molecule has 0 amide bonds. The molecule has 1 heteroatoms. The van der Waals surface area contributed by atoms with Crippen molar-refractivity contribution in [3.05, 3.63) is 253 Å².